The van der Waals surface area contributed by atoms with Crippen LogP contribution in [0.3, 0.4) is 0 Å². The molecule has 2 N–H and O–H groups in total. The van der Waals surface area contributed by atoms with Crippen LogP contribution in [0.4, 0.5) is 0 Å². The second-order valence-electron chi connectivity index (χ2n) is 6.54. The van der Waals surface area contributed by atoms with E-state index < -0.39 is 0 Å². The number of aliphatic imine (C=N–C) groups is 1. The monoisotopic (exact) mass is 362 g/mol. The van der Waals surface area contributed by atoms with Gasteiger partial charge in [-0.2, -0.15) is 0 Å². The molecule has 1 amide bonds. The third kappa shape index (κ3) is 9.42. The molecule has 0 atom stereocenters. The summed E-state index contributed by atoms with van der Waals surface area (Å²) in [7, 11) is 1.70. The van der Waals surface area contributed by atoms with Crippen molar-refractivity contribution in [2.24, 2.45) is 10.9 Å². The van der Waals surface area contributed by atoms with Crippen molar-refractivity contribution in [1.29, 1.82) is 0 Å². The molecule has 0 saturated carbocycles. The highest BCUT2D eigenvalue weighted by Crippen LogP contribution is 2.04. The Morgan fingerprint density at radius 3 is 2.54 bits per heavy atom. The van der Waals surface area contributed by atoms with Crippen LogP contribution in [0.25, 0.3) is 0 Å². The number of rotatable bonds is 11. The van der Waals surface area contributed by atoms with Crippen molar-refractivity contribution >= 4 is 11.9 Å². The van der Waals surface area contributed by atoms with Gasteiger partial charge in [-0.25, -0.2) is 0 Å². The molecule has 0 aromatic heterocycles. The van der Waals surface area contributed by atoms with Gasteiger partial charge >= 0.3 is 0 Å². The molecule has 0 aliphatic carbocycles. The topological polar surface area (TPSA) is 66.0 Å². The number of nitrogens with one attached hydrogen (secondary N) is 2. The molecule has 0 fully saturated rings. The fourth-order valence-electron chi connectivity index (χ4n) is 2.33. The van der Waals surface area contributed by atoms with Crippen LogP contribution < -0.4 is 10.6 Å². The summed E-state index contributed by atoms with van der Waals surface area (Å²) >= 11 is 0. The quantitative estimate of drug-likeness (QED) is 0.360. The number of hydrogen-bond donors (Lipinski definition) is 2. The molecule has 26 heavy (non-hydrogen) atoms. The smallest absolute Gasteiger partial charge is 0.242 e. The Bertz CT molecular complexity index is 532. The zero-order valence-electron chi connectivity index (χ0n) is 16.6. The minimum atomic E-state index is 0.0486. The van der Waals surface area contributed by atoms with E-state index in [1.54, 1.807) is 7.05 Å². The lowest BCUT2D eigenvalue weighted by atomic mass is 10.1. The van der Waals surface area contributed by atoms with Gasteiger partial charge in [-0.05, 0) is 24.8 Å². The molecule has 0 radical (unpaired) electrons. The zero-order valence-corrected chi connectivity index (χ0v) is 16.6. The molecule has 0 aliphatic heterocycles. The summed E-state index contributed by atoms with van der Waals surface area (Å²) in [5.41, 5.74) is 1.13. The Hall–Kier alpha value is -2.08. The molecular weight excluding hydrogens is 328 g/mol. The van der Waals surface area contributed by atoms with E-state index in [9.17, 15) is 4.79 Å². The van der Waals surface area contributed by atoms with E-state index in [2.05, 4.69) is 29.5 Å². The maximum atomic E-state index is 12.4. The average Bonchev–Trinajstić information content (AvgIpc) is 2.65. The van der Waals surface area contributed by atoms with Crippen molar-refractivity contribution < 1.29 is 9.53 Å². The SMILES string of the molecule is CCN(Cc1ccccc1)C(=O)CNC(=NC)NCCOCCC(C)C. The molecule has 0 heterocycles. The summed E-state index contributed by atoms with van der Waals surface area (Å²) in [4.78, 5) is 18.4. The van der Waals surface area contributed by atoms with Gasteiger partial charge in [0.1, 0.15) is 0 Å². The van der Waals surface area contributed by atoms with E-state index in [1.165, 1.54) is 0 Å². The molecule has 0 unspecified atom stereocenters. The second kappa shape index (κ2) is 13.2. The number of hydrogen-bond acceptors (Lipinski definition) is 3. The van der Waals surface area contributed by atoms with Crippen LogP contribution in [-0.2, 0) is 16.1 Å². The van der Waals surface area contributed by atoms with Gasteiger partial charge in [-0.3, -0.25) is 9.79 Å². The van der Waals surface area contributed by atoms with Crippen LogP contribution in [0.5, 0.6) is 0 Å². The third-order valence-corrected chi connectivity index (χ3v) is 3.96. The van der Waals surface area contributed by atoms with Crippen LogP contribution in [0.1, 0.15) is 32.8 Å². The maximum Gasteiger partial charge on any atom is 0.242 e. The van der Waals surface area contributed by atoms with Gasteiger partial charge in [0.05, 0.1) is 13.2 Å². The van der Waals surface area contributed by atoms with Gasteiger partial charge in [-0.1, -0.05) is 44.2 Å². The van der Waals surface area contributed by atoms with E-state index in [4.69, 9.17) is 4.74 Å². The van der Waals surface area contributed by atoms with Crippen molar-refractivity contribution in [3.05, 3.63) is 35.9 Å². The molecule has 0 aliphatic rings. The first-order valence-electron chi connectivity index (χ1n) is 9.40. The summed E-state index contributed by atoms with van der Waals surface area (Å²) in [6.07, 6.45) is 1.07. The number of carbonyl (C=O) groups excluding carboxylic acids is 1. The van der Waals surface area contributed by atoms with E-state index in [1.807, 2.05) is 42.2 Å². The van der Waals surface area contributed by atoms with Gasteiger partial charge in [0.15, 0.2) is 5.96 Å². The van der Waals surface area contributed by atoms with Gasteiger partial charge in [0.25, 0.3) is 0 Å². The Morgan fingerprint density at radius 2 is 1.92 bits per heavy atom. The number of nitrogens with zero attached hydrogens (tertiary/aromatic N) is 2. The molecule has 0 saturated heterocycles. The fraction of sp³-hybridized carbons (Fsp3) is 0.600. The van der Waals surface area contributed by atoms with Crippen LogP contribution in [0.15, 0.2) is 35.3 Å². The van der Waals surface area contributed by atoms with E-state index in [0.29, 0.717) is 38.1 Å². The first-order chi connectivity index (χ1) is 12.6. The van der Waals surface area contributed by atoms with Crippen molar-refractivity contribution in [1.82, 2.24) is 15.5 Å². The van der Waals surface area contributed by atoms with Crippen LogP contribution in [0.2, 0.25) is 0 Å². The Labute approximate surface area is 158 Å². The van der Waals surface area contributed by atoms with Gasteiger partial charge in [0.2, 0.25) is 5.91 Å². The summed E-state index contributed by atoms with van der Waals surface area (Å²) in [5, 5.41) is 6.23. The molecule has 0 spiro atoms. The summed E-state index contributed by atoms with van der Waals surface area (Å²) in [5.74, 6) is 1.31. The lowest BCUT2D eigenvalue weighted by Crippen LogP contribution is -2.45. The number of likely N-dealkylation sites (N-methyl/N-ethyl adjacent to an activating group) is 1. The number of benzene rings is 1. The normalized spacial score (nSPS) is 11.5. The molecule has 6 heteroatoms. The highest BCUT2D eigenvalue weighted by molar-refractivity contribution is 5.86. The third-order valence-electron chi connectivity index (χ3n) is 3.96. The zero-order chi connectivity index (χ0) is 19.2. The van der Waals surface area contributed by atoms with E-state index in [0.717, 1.165) is 18.6 Å². The Kier molecular flexibility index (Phi) is 11.1. The van der Waals surface area contributed by atoms with Gasteiger partial charge in [0, 0.05) is 33.3 Å². The summed E-state index contributed by atoms with van der Waals surface area (Å²) < 4.78 is 5.57. The summed E-state index contributed by atoms with van der Waals surface area (Å²) in [6.45, 7) is 9.91. The maximum absolute atomic E-state index is 12.4. The van der Waals surface area contributed by atoms with Crippen molar-refractivity contribution in [2.45, 2.75) is 33.7 Å². The molecular formula is C20H34N4O2. The Balaban J connectivity index is 2.29. The lowest BCUT2D eigenvalue weighted by molar-refractivity contribution is -0.130. The lowest BCUT2D eigenvalue weighted by Gasteiger charge is -2.22. The minimum Gasteiger partial charge on any atom is -0.380 e. The second-order valence-corrected chi connectivity index (χ2v) is 6.54. The largest absolute Gasteiger partial charge is 0.380 e. The van der Waals surface area contributed by atoms with Crippen LogP contribution in [-0.4, -0.2) is 56.7 Å². The van der Waals surface area contributed by atoms with Crippen LogP contribution in [0, 0.1) is 5.92 Å². The number of carbonyl (C=O) groups is 1. The van der Waals surface area contributed by atoms with Crippen molar-refractivity contribution in [3.63, 3.8) is 0 Å². The standard InChI is InChI=1S/C20H34N4O2/c1-5-24(16-18-9-7-6-8-10-18)19(25)15-23-20(21-4)22-12-14-26-13-11-17(2)3/h6-10,17H,5,11-16H2,1-4H3,(H2,21,22,23). The van der Waals surface area contributed by atoms with Gasteiger partial charge < -0.3 is 20.3 Å². The molecule has 6 nitrogen and oxygen atoms in total. The summed E-state index contributed by atoms with van der Waals surface area (Å²) in [6, 6.07) is 10.0. The highest BCUT2D eigenvalue weighted by Gasteiger charge is 2.12. The molecule has 1 rings (SSSR count). The molecule has 0 bridgehead atoms. The van der Waals surface area contributed by atoms with Crippen molar-refractivity contribution in [3.8, 4) is 0 Å². The number of guanidine groups is 1. The number of amides is 1. The highest BCUT2D eigenvalue weighted by atomic mass is 16.5. The molecule has 1 aromatic carbocycles. The molecule has 1 aromatic rings. The van der Waals surface area contributed by atoms with Crippen LogP contribution >= 0.6 is 0 Å². The average molecular weight is 363 g/mol. The first-order valence-corrected chi connectivity index (χ1v) is 9.40. The predicted octanol–water partition coefficient (Wildman–Crippen LogP) is 2.26. The fourth-order valence-corrected chi connectivity index (χ4v) is 2.33. The molecule has 146 valence electrons. The Morgan fingerprint density at radius 1 is 1.19 bits per heavy atom. The first kappa shape index (κ1) is 22.0. The predicted molar refractivity (Wildman–Crippen MR) is 107 cm³/mol. The van der Waals surface area contributed by atoms with E-state index >= 15 is 0 Å². The number of ether oxygens (including phenoxy) is 1. The minimum absolute atomic E-state index is 0.0486. The van der Waals surface area contributed by atoms with Crippen molar-refractivity contribution in [2.75, 3.05) is 39.9 Å². The van der Waals surface area contributed by atoms with E-state index in [-0.39, 0.29) is 12.5 Å². The van der Waals surface area contributed by atoms with Gasteiger partial charge in [-0.15, -0.1) is 0 Å².